The molecule has 2 saturated carbocycles. The van der Waals surface area contributed by atoms with Crippen molar-refractivity contribution in [2.45, 2.75) is 46.1 Å². The zero-order valence-corrected chi connectivity index (χ0v) is 8.51. The first-order chi connectivity index (χ1) is 5.50. The highest BCUT2D eigenvalue weighted by Gasteiger charge is 2.49. The highest BCUT2D eigenvalue weighted by atomic mass is 14.8. The van der Waals surface area contributed by atoms with Crippen molar-refractivity contribution in [2.75, 3.05) is 0 Å². The molecule has 4 unspecified atom stereocenters. The molecule has 0 radical (unpaired) electrons. The molecule has 12 heavy (non-hydrogen) atoms. The number of rotatable bonds is 0. The van der Waals surface area contributed by atoms with E-state index in [1.807, 2.05) is 0 Å². The van der Waals surface area contributed by atoms with Gasteiger partial charge < -0.3 is 5.73 Å². The van der Waals surface area contributed by atoms with Gasteiger partial charge in [0.1, 0.15) is 0 Å². The van der Waals surface area contributed by atoms with Gasteiger partial charge in [0.15, 0.2) is 0 Å². The maximum Gasteiger partial charge on any atom is 0.0103 e. The van der Waals surface area contributed by atoms with Gasteiger partial charge in [0.2, 0.25) is 0 Å². The molecule has 2 fully saturated rings. The van der Waals surface area contributed by atoms with Crippen LogP contribution in [-0.4, -0.2) is 6.04 Å². The van der Waals surface area contributed by atoms with E-state index < -0.39 is 0 Å². The van der Waals surface area contributed by atoms with E-state index in [0.29, 0.717) is 11.5 Å². The van der Waals surface area contributed by atoms with Gasteiger partial charge in [0.05, 0.1) is 0 Å². The predicted molar refractivity (Wildman–Crippen MR) is 51.8 cm³/mol. The summed E-state index contributed by atoms with van der Waals surface area (Å²) in [6.07, 6.45) is 4.27. The summed E-state index contributed by atoms with van der Waals surface area (Å²) >= 11 is 0. The number of fused-ring (bicyclic) bond motifs is 2. The predicted octanol–water partition coefficient (Wildman–Crippen LogP) is 2.41. The van der Waals surface area contributed by atoms with Crippen LogP contribution in [0.4, 0.5) is 0 Å². The van der Waals surface area contributed by atoms with Crippen molar-refractivity contribution < 1.29 is 0 Å². The second-order valence-corrected chi connectivity index (χ2v) is 5.80. The summed E-state index contributed by atoms with van der Waals surface area (Å²) in [6.45, 7) is 7.04. The Morgan fingerprint density at radius 2 is 1.67 bits per heavy atom. The summed E-state index contributed by atoms with van der Waals surface area (Å²) in [7, 11) is 0. The van der Waals surface area contributed by atoms with Crippen LogP contribution < -0.4 is 5.73 Å². The molecule has 0 aromatic carbocycles. The van der Waals surface area contributed by atoms with Crippen LogP contribution in [0.5, 0.6) is 0 Å². The molecule has 0 aromatic heterocycles. The zero-order chi connectivity index (χ0) is 8.93. The SMILES string of the molecule is CC(C)(C)C1C2CCC(C2)C1N. The third-order valence-electron chi connectivity index (χ3n) is 3.98. The lowest BCUT2D eigenvalue weighted by Crippen LogP contribution is -2.42. The molecule has 2 rings (SSSR count). The highest BCUT2D eigenvalue weighted by molar-refractivity contribution is 5.02. The average Bonchev–Trinajstić information content (AvgIpc) is 2.42. The molecule has 0 heterocycles. The molecular formula is C11H21N. The minimum absolute atomic E-state index is 0.430. The van der Waals surface area contributed by atoms with Gasteiger partial charge in [-0.1, -0.05) is 20.8 Å². The van der Waals surface area contributed by atoms with E-state index in [1.54, 1.807) is 0 Å². The summed E-state index contributed by atoms with van der Waals surface area (Å²) in [5.74, 6) is 2.60. The summed E-state index contributed by atoms with van der Waals surface area (Å²) in [5, 5.41) is 0. The minimum Gasteiger partial charge on any atom is -0.327 e. The van der Waals surface area contributed by atoms with E-state index in [-0.39, 0.29) is 0 Å². The second kappa shape index (κ2) is 2.47. The van der Waals surface area contributed by atoms with Crippen molar-refractivity contribution in [3.05, 3.63) is 0 Å². The third kappa shape index (κ3) is 1.10. The van der Waals surface area contributed by atoms with Gasteiger partial charge in [0, 0.05) is 6.04 Å². The molecular weight excluding hydrogens is 146 g/mol. The van der Waals surface area contributed by atoms with Crippen molar-refractivity contribution in [1.82, 2.24) is 0 Å². The van der Waals surface area contributed by atoms with Gasteiger partial charge in [-0.15, -0.1) is 0 Å². The first kappa shape index (κ1) is 8.55. The van der Waals surface area contributed by atoms with Gasteiger partial charge in [-0.05, 0) is 42.4 Å². The fraction of sp³-hybridized carbons (Fsp3) is 1.00. The van der Waals surface area contributed by atoms with Crippen LogP contribution in [0.25, 0.3) is 0 Å². The molecule has 1 nitrogen and oxygen atoms in total. The topological polar surface area (TPSA) is 26.0 Å². The fourth-order valence-corrected chi connectivity index (χ4v) is 3.62. The van der Waals surface area contributed by atoms with Crippen molar-refractivity contribution in [3.63, 3.8) is 0 Å². The molecule has 4 atom stereocenters. The molecule has 70 valence electrons. The summed E-state index contributed by atoms with van der Waals surface area (Å²) in [6, 6.07) is 0.503. The largest absolute Gasteiger partial charge is 0.327 e. The van der Waals surface area contributed by atoms with E-state index in [2.05, 4.69) is 20.8 Å². The lowest BCUT2D eigenvalue weighted by molar-refractivity contribution is 0.138. The second-order valence-electron chi connectivity index (χ2n) is 5.80. The Morgan fingerprint density at radius 3 is 2.00 bits per heavy atom. The quantitative estimate of drug-likeness (QED) is 0.589. The van der Waals surface area contributed by atoms with Crippen LogP contribution in [0, 0.1) is 23.2 Å². The number of nitrogens with two attached hydrogens (primary N) is 1. The Bertz CT molecular complexity index is 178. The molecule has 0 amide bonds. The summed E-state index contributed by atoms with van der Waals surface area (Å²) < 4.78 is 0. The number of hydrogen-bond acceptors (Lipinski definition) is 1. The minimum atomic E-state index is 0.430. The lowest BCUT2D eigenvalue weighted by atomic mass is 9.69. The summed E-state index contributed by atoms with van der Waals surface area (Å²) in [5.41, 5.74) is 6.68. The molecule has 2 bridgehead atoms. The van der Waals surface area contributed by atoms with E-state index in [9.17, 15) is 0 Å². The zero-order valence-electron chi connectivity index (χ0n) is 8.51. The monoisotopic (exact) mass is 167 g/mol. The Hall–Kier alpha value is -0.0400. The molecule has 0 spiro atoms. The normalized spacial score (nSPS) is 47.0. The molecule has 0 aliphatic heterocycles. The fourth-order valence-electron chi connectivity index (χ4n) is 3.62. The summed E-state index contributed by atoms with van der Waals surface area (Å²) in [4.78, 5) is 0. The van der Waals surface area contributed by atoms with E-state index in [4.69, 9.17) is 5.73 Å². The van der Waals surface area contributed by atoms with Gasteiger partial charge in [-0.3, -0.25) is 0 Å². The Labute approximate surface area is 75.7 Å². The Balaban J connectivity index is 2.17. The smallest absolute Gasteiger partial charge is 0.0103 e. The van der Waals surface area contributed by atoms with Crippen LogP contribution in [0.2, 0.25) is 0 Å². The molecule has 2 aliphatic rings. The van der Waals surface area contributed by atoms with E-state index in [0.717, 1.165) is 17.8 Å². The molecule has 0 saturated heterocycles. The molecule has 2 N–H and O–H groups in total. The van der Waals surface area contributed by atoms with Gasteiger partial charge in [-0.2, -0.15) is 0 Å². The highest BCUT2D eigenvalue weighted by Crippen LogP contribution is 2.53. The maximum absolute atomic E-state index is 6.25. The van der Waals surface area contributed by atoms with Gasteiger partial charge in [-0.25, -0.2) is 0 Å². The van der Waals surface area contributed by atoms with Crippen LogP contribution in [0.15, 0.2) is 0 Å². The maximum atomic E-state index is 6.25. The third-order valence-corrected chi connectivity index (χ3v) is 3.98. The van der Waals surface area contributed by atoms with Crippen LogP contribution >= 0.6 is 0 Å². The van der Waals surface area contributed by atoms with E-state index in [1.165, 1.54) is 19.3 Å². The van der Waals surface area contributed by atoms with Gasteiger partial charge in [0.25, 0.3) is 0 Å². The molecule has 2 aliphatic carbocycles. The standard InChI is InChI=1S/C11H21N/c1-11(2,3)9-7-4-5-8(6-7)10(9)12/h7-10H,4-6,12H2,1-3H3. The van der Waals surface area contributed by atoms with Crippen molar-refractivity contribution in [1.29, 1.82) is 0 Å². The first-order valence-corrected chi connectivity index (χ1v) is 5.26. The van der Waals surface area contributed by atoms with Crippen LogP contribution in [0.1, 0.15) is 40.0 Å². The average molecular weight is 167 g/mol. The van der Waals surface area contributed by atoms with Crippen molar-refractivity contribution in [2.24, 2.45) is 28.9 Å². The van der Waals surface area contributed by atoms with Crippen LogP contribution in [0.3, 0.4) is 0 Å². The first-order valence-electron chi connectivity index (χ1n) is 5.26. The number of hydrogen-bond donors (Lipinski definition) is 1. The lowest BCUT2D eigenvalue weighted by Gasteiger charge is -2.38. The Kier molecular flexibility index (Phi) is 1.76. The van der Waals surface area contributed by atoms with Crippen molar-refractivity contribution in [3.8, 4) is 0 Å². The molecule has 1 heteroatoms. The van der Waals surface area contributed by atoms with Gasteiger partial charge >= 0.3 is 0 Å². The van der Waals surface area contributed by atoms with E-state index >= 15 is 0 Å². The van der Waals surface area contributed by atoms with Crippen LogP contribution in [-0.2, 0) is 0 Å². The molecule has 0 aromatic rings. The van der Waals surface area contributed by atoms with Crippen molar-refractivity contribution >= 4 is 0 Å². The Morgan fingerprint density at radius 1 is 1.08 bits per heavy atom.